The molecule has 0 saturated carbocycles. The van der Waals surface area contributed by atoms with Gasteiger partial charge in [-0.1, -0.05) is 23.4 Å². The zero-order valence-electron chi connectivity index (χ0n) is 10.5. The third kappa shape index (κ3) is 2.90. The van der Waals surface area contributed by atoms with Gasteiger partial charge in [0, 0.05) is 36.8 Å². The first-order valence-corrected chi connectivity index (χ1v) is 6.90. The van der Waals surface area contributed by atoms with Crippen LogP contribution in [0.1, 0.15) is 11.3 Å². The lowest BCUT2D eigenvalue weighted by Crippen LogP contribution is -2.34. The number of benzene rings is 1. The number of nitrogens with zero attached hydrogens (tertiary/aromatic N) is 3. The molecule has 1 heterocycles. The van der Waals surface area contributed by atoms with Crippen molar-refractivity contribution in [3.05, 3.63) is 47.5 Å². The van der Waals surface area contributed by atoms with Crippen LogP contribution in [0.3, 0.4) is 0 Å². The van der Waals surface area contributed by atoms with Crippen molar-refractivity contribution < 1.29 is 4.39 Å². The molecule has 0 saturated heterocycles. The molecule has 102 valence electrons. The Labute approximate surface area is 121 Å². The number of halogens is 3. The molecular formula is C13H14Cl2FN3. The third-order valence-corrected chi connectivity index (χ3v) is 4.15. The minimum absolute atomic E-state index is 0.216. The van der Waals surface area contributed by atoms with Crippen LogP contribution >= 0.6 is 23.2 Å². The lowest BCUT2D eigenvalue weighted by Gasteiger charge is -2.29. The van der Waals surface area contributed by atoms with Crippen molar-refractivity contribution in [1.29, 1.82) is 0 Å². The van der Waals surface area contributed by atoms with Gasteiger partial charge in [0.2, 0.25) is 0 Å². The van der Waals surface area contributed by atoms with E-state index in [1.807, 2.05) is 0 Å². The van der Waals surface area contributed by atoms with Gasteiger partial charge in [-0.15, -0.1) is 28.3 Å². The number of hydrogen-bond donors (Lipinski definition) is 0. The van der Waals surface area contributed by atoms with E-state index in [1.54, 1.807) is 36.1 Å². The normalized spacial score (nSPS) is 11.8. The molecule has 1 aromatic heterocycles. The Morgan fingerprint density at radius 2 is 1.95 bits per heavy atom. The quantitative estimate of drug-likeness (QED) is 0.795. The maximum Gasteiger partial charge on any atom is 0.127 e. The third-order valence-electron chi connectivity index (χ3n) is 3.13. The Balaban J connectivity index is 2.40. The van der Waals surface area contributed by atoms with Gasteiger partial charge in [0.05, 0.1) is 5.69 Å². The summed E-state index contributed by atoms with van der Waals surface area (Å²) in [6.07, 6.45) is 2.24. The molecular weight excluding hydrogens is 288 g/mol. The lowest BCUT2D eigenvalue weighted by atomic mass is 9.80. The molecule has 6 heteroatoms. The minimum atomic E-state index is -0.676. The molecule has 1 aromatic carbocycles. The van der Waals surface area contributed by atoms with Gasteiger partial charge < -0.3 is 0 Å². The fraction of sp³-hybridized carbons (Fsp3) is 0.385. The van der Waals surface area contributed by atoms with E-state index in [0.29, 0.717) is 12.0 Å². The molecule has 0 bridgehead atoms. The molecule has 0 amide bonds. The van der Waals surface area contributed by atoms with Crippen LogP contribution in [-0.4, -0.2) is 26.8 Å². The standard InChI is InChI=1S/C13H14Cl2FN3/c1-19-7-10(17-18-19)6-13(8-14,9-15)11-4-2-3-5-12(11)16/h2-5,7H,6,8-9H2,1H3. The number of alkyl halides is 2. The highest BCUT2D eigenvalue weighted by atomic mass is 35.5. The zero-order chi connectivity index (χ0) is 13.9. The predicted molar refractivity (Wildman–Crippen MR) is 74.2 cm³/mol. The largest absolute Gasteiger partial charge is 0.255 e. The average Bonchev–Trinajstić information content (AvgIpc) is 2.82. The van der Waals surface area contributed by atoms with Crippen LogP contribution in [0.5, 0.6) is 0 Å². The van der Waals surface area contributed by atoms with Gasteiger partial charge in [-0.25, -0.2) is 4.39 Å². The minimum Gasteiger partial charge on any atom is -0.255 e. The molecule has 3 nitrogen and oxygen atoms in total. The van der Waals surface area contributed by atoms with Crippen molar-refractivity contribution in [3.63, 3.8) is 0 Å². The van der Waals surface area contributed by atoms with E-state index in [2.05, 4.69) is 10.3 Å². The van der Waals surface area contributed by atoms with Crippen LogP contribution < -0.4 is 0 Å². The van der Waals surface area contributed by atoms with E-state index >= 15 is 0 Å². The number of aryl methyl sites for hydroxylation is 1. The van der Waals surface area contributed by atoms with Crippen LogP contribution in [0.25, 0.3) is 0 Å². The predicted octanol–water partition coefficient (Wildman–Crippen LogP) is 2.91. The molecule has 0 atom stereocenters. The summed E-state index contributed by atoms with van der Waals surface area (Å²) in [5, 5.41) is 7.90. The first-order chi connectivity index (χ1) is 9.11. The van der Waals surface area contributed by atoms with Crippen molar-refractivity contribution in [2.24, 2.45) is 7.05 Å². The maximum absolute atomic E-state index is 14.0. The van der Waals surface area contributed by atoms with Crippen molar-refractivity contribution in [3.8, 4) is 0 Å². The summed E-state index contributed by atoms with van der Waals surface area (Å²) < 4.78 is 15.6. The lowest BCUT2D eigenvalue weighted by molar-refractivity contribution is 0.486. The van der Waals surface area contributed by atoms with Crippen LogP contribution in [-0.2, 0) is 18.9 Å². The van der Waals surface area contributed by atoms with E-state index in [-0.39, 0.29) is 17.6 Å². The fourth-order valence-electron chi connectivity index (χ4n) is 2.08. The number of rotatable bonds is 5. The monoisotopic (exact) mass is 301 g/mol. The zero-order valence-corrected chi connectivity index (χ0v) is 12.0. The van der Waals surface area contributed by atoms with Gasteiger partial charge in [-0.2, -0.15) is 0 Å². The topological polar surface area (TPSA) is 30.7 Å². The van der Waals surface area contributed by atoms with Gasteiger partial charge in [-0.05, 0) is 11.6 Å². The second kappa shape index (κ2) is 5.88. The second-order valence-corrected chi connectivity index (χ2v) is 5.12. The Bertz CT molecular complexity index is 552. The highest BCUT2D eigenvalue weighted by molar-refractivity contribution is 6.22. The van der Waals surface area contributed by atoms with E-state index in [0.717, 1.165) is 5.69 Å². The molecule has 0 radical (unpaired) electrons. The molecule has 0 aliphatic rings. The Morgan fingerprint density at radius 1 is 1.26 bits per heavy atom. The Morgan fingerprint density at radius 3 is 2.47 bits per heavy atom. The molecule has 2 aromatic rings. The van der Waals surface area contributed by atoms with Gasteiger partial charge in [0.1, 0.15) is 5.82 Å². The van der Waals surface area contributed by atoms with Gasteiger partial charge in [0.15, 0.2) is 0 Å². The molecule has 0 spiro atoms. The van der Waals surface area contributed by atoms with Crippen LogP contribution in [0, 0.1) is 5.82 Å². The van der Waals surface area contributed by atoms with E-state index < -0.39 is 5.41 Å². The van der Waals surface area contributed by atoms with Crippen molar-refractivity contribution >= 4 is 23.2 Å². The molecule has 19 heavy (non-hydrogen) atoms. The highest BCUT2D eigenvalue weighted by Gasteiger charge is 2.34. The van der Waals surface area contributed by atoms with Crippen molar-refractivity contribution in [1.82, 2.24) is 15.0 Å². The van der Waals surface area contributed by atoms with Crippen molar-refractivity contribution in [2.45, 2.75) is 11.8 Å². The number of aromatic nitrogens is 3. The van der Waals surface area contributed by atoms with Crippen LogP contribution in [0.15, 0.2) is 30.5 Å². The van der Waals surface area contributed by atoms with E-state index in [1.165, 1.54) is 6.07 Å². The average molecular weight is 302 g/mol. The van der Waals surface area contributed by atoms with Crippen LogP contribution in [0.4, 0.5) is 4.39 Å². The first kappa shape index (κ1) is 14.3. The fourth-order valence-corrected chi connectivity index (χ4v) is 2.85. The smallest absolute Gasteiger partial charge is 0.127 e. The first-order valence-electron chi connectivity index (χ1n) is 5.83. The summed E-state index contributed by atoms with van der Waals surface area (Å²) in [5.74, 6) is 0.134. The SMILES string of the molecule is Cn1cc(CC(CCl)(CCl)c2ccccc2F)nn1. The summed E-state index contributed by atoms with van der Waals surface area (Å²) >= 11 is 12.2. The van der Waals surface area contributed by atoms with Gasteiger partial charge in [-0.3, -0.25) is 4.68 Å². The highest BCUT2D eigenvalue weighted by Crippen LogP contribution is 2.32. The number of hydrogen-bond acceptors (Lipinski definition) is 2. The summed E-state index contributed by atoms with van der Waals surface area (Å²) in [6, 6.07) is 6.56. The summed E-state index contributed by atoms with van der Waals surface area (Å²) in [7, 11) is 1.78. The Kier molecular flexibility index (Phi) is 4.42. The molecule has 0 N–H and O–H groups in total. The second-order valence-electron chi connectivity index (χ2n) is 4.59. The van der Waals surface area contributed by atoms with Gasteiger partial charge >= 0.3 is 0 Å². The summed E-state index contributed by atoms with van der Waals surface area (Å²) in [5.41, 5.74) is 0.586. The summed E-state index contributed by atoms with van der Waals surface area (Å²) in [4.78, 5) is 0. The maximum atomic E-state index is 14.0. The molecule has 0 aliphatic heterocycles. The molecule has 2 rings (SSSR count). The van der Waals surface area contributed by atoms with E-state index in [4.69, 9.17) is 23.2 Å². The van der Waals surface area contributed by atoms with E-state index in [9.17, 15) is 4.39 Å². The Hall–Kier alpha value is -1.13. The summed E-state index contributed by atoms with van der Waals surface area (Å²) in [6.45, 7) is 0. The van der Waals surface area contributed by atoms with Gasteiger partial charge in [0.25, 0.3) is 0 Å². The van der Waals surface area contributed by atoms with Crippen LogP contribution in [0.2, 0.25) is 0 Å². The molecule has 0 unspecified atom stereocenters. The molecule has 0 fully saturated rings. The van der Waals surface area contributed by atoms with Crippen molar-refractivity contribution in [2.75, 3.05) is 11.8 Å². The molecule has 0 aliphatic carbocycles.